The molecule has 0 saturated heterocycles. The first-order valence-electron chi connectivity index (χ1n) is 8.23. The van der Waals surface area contributed by atoms with Crippen LogP contribution in [0.3, 0.4) is 0 Å². The molecule has 2 aromatic rings. The molecule has 0 bridgehead atoms. The number of carbonyl (C=O) groups excluding carboxylic acids is 2. The molecule has 0 aromatic heterocycles. The highest BCUT2D eigenvalue weighted by molar-refractivity contribution is 6.08. The second kappa shape index (κ2) is 7.78. The van der Waals surface area contributed by atoms with Crippen molar-refractivity contribution in [3.05, 3.63) is 72.1 Å². The van der Waals surface area contributed by atoms with Gasteiger partial charge in [-0.3, -0.25) is 0 Å². The zero-order valence-corrected chi connectivity index (χ0v) is 15.3. The van der Waals surface area contributed by atoms with Crippen molar-refractivity contribution in [2.24, 2.45) is 0 Å². The van der Waals surface area contributed by atoms with Crippen molar-refractivity contribution >= 4 is 28.4 Å². The fourth-order valence-corrected chi connectivity index (χ4v) is 3.00. The zero-order chi connectivity index (χ0) is 19.4. The van der Waals surface area contributed by atoms with Crippen LogP contribution in [0.1, 0.15) is 0 Å². The second-order valence-electron chi connectivity index (χ2n) is 5.65. The first kappa shape index (κ1) is 18.3. The zero-order valence-electron chi connectivity index (χ0n) is 15.3. The van der Waals surface area contributed by atoms with Crippen LogP contribution in [-0.2, 0) is 19.1 Å². The number of allylic oxidation sites excluding steroid dienone is 2. The topological polar surface area (TPSA) is 65.1 Å². The third-order valence-electron chi connectivity index (χ3n) is 4.23. The van der Waals surface area contributed by atoms with Crippen LogP contribution in [0.5, 0.6) is 5.75 Å². The minimum absolute atomic E-state index is 0.0738. The number of hydrogen-bond donors (Lipinski definition) is 0. The van der Waals surface area contributed by atoms with Crippen LogP contribution < -0.4 is 9.64 Å². The number of anilines is 1. The Bertz CT molecular complexity index is 987. The van der Waals surface area contributed by atoms with Gasteiger partial charge >= 0.3 is 11.9 Å². The van der Waals surface area contributed by atoms with Crippen LogP contribution in [0, 0.1) is 0 Å². The van der Waals surface area contributed by atoms with Crippen LogP contribution in [0.2, 0.25) is 0 Å². The molecule has 138 valence electrons. The van der Waals surface area contributed by atoms with E-state index >= 15 is 0 Å². The summed E-state index contributed by atoms with van der Waals surface area (Å²) in [5.74, 6) is -0.562. The Morgan fingerprint density at radius 2 is 1.56 bits per heavy atom. The fraction of sp³-hybridized carbons (Fsp3) is 0.143. The van der Waals surface area contributed by atoms with Gasteiger partial charge in [0.25, 0.3) is 0 Å². The fourth-order valence-electron chi connectivity index (χ4n) is 3.00. The van der Waals surface area contributed by atoms with Gasteiger partial charge < -0.3 is 19.1 Å². The molecule has 0 amide bonds. The molecular formula is C21H19NO5. The van der Waals surface area contributed by atoms with Gasteiger partial charge in [0.15, 0.2) is 0 Å². The lowest BCUT2D eigenvalue weighted by Crippen LogP contribution is -2.27. The molecule has 0 N–H and O–H groups in total. The van der Waals surface area contributed by atoms with E-state index in [4.69, 9.17) is 14.2 Å². The molecule has 27 heavy (non-hydrogen) atoms. The normalized spacial score (nSPS) is 13.5. The van der Waals surface area contributed by atoms with Crippen molar-refractivity contribution in [3.63, 3.8) is 0 Å². The average molecular weight is 365 g/mol. The minimum atomic E-state index is -0.647. The van der Waals surface area contributed by atoms with Crippen LogP contribution in [-0.4, -0.2) is 33.3 Å². The summed E-state index contributed by atoms with van der Waals surface area (Å²) in [4.78, 5) is 26.5. The van der Waals surface area contributed by atoms with Gasteiger partial charge in [0, 0.05) is 17.0 Å². The third-order valence-corrected chi connectivity index (χ3v) is 4.23. The number of methoxy groups -OCH3 is 3. The maximum absolute atomic E-state index is 12.6. The molecule has 1 heterocycles. The van der Waals surface area contributed by atoms with Gasteiger partial charge in [-0.25, -0.2) is 9.59 Å². The first-order chi connectivity index (χ1) is 13.1. The molecule has 0 fully saturated rings. The van der Waals surface area contributed by atoms with Crippen molar-refractivity contribution in [1.29, 1.82) is 0 Å². The molecule has 0 saturated carbocycles. The minimum Gasteiger partial charge on any atom is -0.496 e. The van der Waals surface area contributed by atoms with E-state index in [9.17, 15) is 9.59 Å². The lowest BCUT2D eigenvalue weighted by Gasteiger charge is -2.24. The van der Waals surface area contributed by atoms with Gasteiger partial charge in [0.05, 0.1) is 32.6 Å². The van der Waals surface area contributed by atoms with E-state index < -0.39 is 11.9 Å². The lowest BCUT2D eigenvalue weighted by molar-refractivity contribution is -0.139. The van der Waals surface area contributed by atoms with E-state index in [0.29, 0.717) is 11.4 Å². The Morgan fingerprint density at radius 3 is 2.26 bits per heavy atom. The van der Waals surface area contributed by atoms with Gasteiger partial charge in [-0.05, 0) is 24.3 Å². The molecule has 2 aromatic carbocycles. The molecule has 6 heteroatoms. The predicted octanol–water partition coefficient (Wildman–Crippen LogP) is 3.34. The van der Waals surface area contributed by atoms with Crippen LogP contribution >= 0.6 is 0 Å². The molecule has 0 atom stereocenters. The summed E-state index contributed by atoms with van der Waals surface area (Å²) in [7, 11) is 4.14. The third kappa shape index (κ3) is 3.29. The van der Waals surface area contributed by atoms with Crippen LogP contribution in [0.4, 0.5) is 5.69 Å². The van der Waals surface area contributed by atoms with Crippen molar-refractivity contribution in [2.45, 2.75) is 0 Å². The smallest absolute Gasteiger partial charge is 0.355 e. The van der Waals surface area contributed by atoms with Crippen molar-refractivity contribution in [3.8, 4) is 5.75 Å². The number of ether oxygens (including phenoxy) is 3. The Kier molecular flexibility index (Phi) is 5.26. The van der Waals surface area contributed by atoms with Gasteiger partial charge in [0.1, 0.15) is 11.4 Å². The second-order valence-corrected chi connectivity index (χ2v) is 5.65. The Labute approximate surface area is 156 Å². The maximum atomic E-state index is 12.6. The largest absolute Gasteiger partial charge is 0.496 e. The van der Waals surface area contributed by atoms with Crippen LogP contribution in [0.25, 0.3) is 10.8 Å². The highest BCUT2D eigenvalue weighted by atomic mass is 16.5. The number of nitrogens with zero attached hydrogens (tertiary/aromatic N) is 1. The summed E-state index contributed by atoms with van der Waals surface area (Å²) < 4.78 is 15.2. The predicted molar refractivity (Wildman–Crippen MR) is 102 cm³/mol. The summed E-state index contributed by atoms with van der Waals surface area (Å²) in [5, 5.41) is 1.74. The lowest BCUT2D eigenvalue weighted by atomic mass is 10.1. The van der Waals surface area contributed by atoms with E-state index in [2.05, 4.69) is 0 Å². The standard InChI is InChI=1S/C21H19NO5/c1-25-18-12-7-9-14-15(18)10-6-11-17(14)22-13-5-4-8-16(20(23)26-2)19(22)21(24)27-3/h4-13H,1-3H3. The van der Waals surface area contributed by atoms with E-state index in [1.807, 2.05) is 36.4 Å². The molecular weight excluding hydrogens is 346 g/mol. The average Bonchev–Trinajstić information content (AvgIpc) is 2.94. The van der Waals surface area contributed by atoms with E-state index in [1.165, 1.54) is 20.3 Å². The van der Waals surface area contributed by atoms with Crippen molar-refractivity contribution in [1.82, 2.24) is 0 Å². The molecule has 1 aliphatic heterocycles. The maximum Gasteiger partial charge on any atom is 0.355 e. The molecule has 3 rings (SSSR count). The first-order valence-corrected chi connectivity index (χ1v) is 8.23. The van der Waals surface area contributed by atoms with E-state index in [-0.39, 0.29) is 11.3 Å². The Balaban J connectivity index is 2.30. The summed E-state index contributed by atoms with van der Waals surface area (Å²) in [5.41, 5.74) is 0.882. The van der Waals surface area contributed by atoms with Crippen LogP contribution in [0.15, 0.2) is 72.1 Å². The molecule has 6 nitrogen and oxygen atoms in total. The SMILES string of the molecule is COC(=O)C1=C(C(=O)OC)N(c2cccc3c(OC)cccc23)C=CC=C1. The van der Waals surface area contributed by atoms with Gasteiger partial charge in [0.2, 0.25) is 0 Å². The number of benzene rings is 2. The summed E-state index contributed by atoms with van der Waals surface area (Å²) >= 11 is 0. The van der Waals surface area contributed by atoms with Gasteiger partial charge in [-0.1, -0.05) is 30.3 Å². The van der Waals surface area contributed by atoms with E-state index in [0.717, 1.165) is 10.8 Å². The van der Waals surface area contributed by atoms with Gasteiger partial charge in [-0.15, -0.1) is 0 Å². The molecule has 0 spiro atoms. The summed E-state index contributed by atoms with van der Waals surface area (Å²) in [6.45, 7) is 0. The molecule has 1 aliphatic rings. The van der Waals surface area contributed by atoms with Gasteiger partial charge in [-0.2, -0.15) is 0 Å². The molecule has 0 aliphatic carbocycles. The molecule has 0 radical (unpaired) electrons. The summed E-state index contributed by atoms with van der Waals surface area (Å²) in [6.07, 6.45) is 6.63. The number of hydrogen-bond acceptors (Lipinski definition) is 6. The van der Waals surface area contributed by atoms with Crippen molar-refractivity contribution < 1.29 is 23.8 Å². The Hall–Kier alpha value is -3.54. The Morgan fingerprint density at radius 1 is 0.852 bits per heavy atom. The number of esters is 2. The highest BCUT2D eigenvalue weighted by Gasteiger charge is 2.28. The summed E-state index contributed by atoms with van der Waals surface area (Å²) in [6, 6.07) is 11.3. The van der Waals surface area contributed by atoms with E-state index in [1.54, 1.807) is 30.4 Å². The highest BCUT2D eigenvalue weighted by Crippen LogP contribution is 2.36. The monoisotopic (exact) mass is 365 g/mol. The molecule has 0 unspecified atom stereocenters. The number of carbonyl (C=O) groups is 2. The number of fused-ring (bicyclic) bond motifs is 1. The number of rotatable bonds is 4. The quantitative estimate of drug-likeness (QED) is 0.775. The van der Waals surface area contributed by atoms with Crippen molar-refractivity contribution in [2.75, 3.05) is 26.2 Å².